The molecule has 1 saturated carbocycles. The molecule has 3 heterocycles. The molecule has 0 atom stereocenters. The number of pyridine rings is 1. The van der Waals surface area contributed by atoms with Crippen molar-refractivity contribution in [3.05, 3.63) is 36.3 Å². The van der Waals surface area contributed by atoms with Gasteiger partial charge in [-0.2, -0.15) is 9.97 Å². The van der Waals surface area contributed by atoms with Gasteiger partial charge in [-0.1, -0.05) is 0 Å². The number of fused-ring (bicyclic) bond motifs is 1. The fourth-order valence-corrected chi connectivity index (χ4v) is 2.81. The van der Waals surface area contributed by atoms with Crippen molar-refractivity contribution in [2.75, 3.05) is 17.7 Å². The molecule has 1 aliphatic carbocycles. The summed E-state index contributed by atoms with van der Waals surface area (Å²) in [6, 6.07) is 6.07. The normalized spacial score (nSPS) is 14.0. The number of esters is 1. The highest BCUT2D eigenvalue weighted by Gasteiger charge is 2.19. The van der Waals surface area contributed by atoms with Crippen LogP contribution >= 0.6 is 0 Å². The highest BCUT2D eigenvalue weighted by atomic mass is 16.5. The number of ether oxygens (including phenoxy) is 1. The number of carbonyl (C=O) groups is 1. The van der Waals surface area contributed by atoms with Gasteiger partial charge in [0.2, 0.25) is 5.95 Å². The fourth-order valence-electron chi connectivity index (χ4n) is 2.81. The Hall–Kier alpha value is -3.16. The third-order valence-electron chi connectivity index (χ3n) is 4.50. The van der Waals surface area contributed by atoms with Gasteiger partial charge in [0.25, 0.3) is 0 Å². The van der Waals surface area contributed by atoms with Crippen LogP contribution in [0, 0.1) is 0 Å². The molecule has 0 radical (unpaired) electrons. The van der Waals surface area contributed by atoms with E-state index in [-0.39, 0.29) is 12.4 Å². The van der Waals surface area contributed by atoms with Gasteiger partial charge in [0.05, 0.1) is 36.5 Å². The molecule has 0 aromatic carbocycles. The number of rotatable bonds is 6. The summed E-state index contributed by atoms with van der Waals surface area (Å²) in [6.07, 6.45) is 7.26. The number of H-pyrrole nitrogens is 1. The maximum Gasteiger partial charge on any atom is 0.311 e. The summed E-state index contributed by atoms with van der Waals surface area (Å²) < 4.78 is 4.65. The van der Waals surface area contributed by atoms with Crippen LogP contribution in [0.3, 0.4) is 0 Å². The molecule has 3 aromatic heterocycles. The molecule has 1 aliphatic rings. The molecule has 0 spiro atoms. The minimum atomic E-state index is -0.314. The van der Waals surface area contributed by atoms with Crippen LogP contribution in [-0.2, 0) is 16.0 Å². The van der Waals surface area contributed by atoms with E-state index in [2.05, 4.69) is 35.3 Å². The van der Waals surface area contributed by atoms with Gasteiger partial charge < -0.3 is 20.4 Å². The van der Waals surface area contributed by atoms with Crippen molar-refractivity contribution in [2.24, 2.45) is 0 Å². The largest absolute Gasteiger partial charge is 0.469 e. The molecular weight excluding hydrogens is 332 g/mol. The van der Waals surface area contributed by atoms with Crippen molar-refractivity contribution >= 4 is 34.5 Å². The number of hydrogen-bond donors (Lipinski definition) is 3. The first-order valence-corrected chi connectivity index (χ1v) is 8.62. The van der Waals surface area contributed by atoms with E-state index in [1.165, 1.54) is 26.4 Å². The van der Waals surface area contributed by atoms with E-state index in [9.17, 15) is 4.79 Å². The van der Waals surface area contributed by atoms with Crippen LogP contribution in [0.4, 0.5) is 17.5 Å². The highest BCUT2D eigenvalue weighted by Crippen LogP contribution is 2.28. The van der Waals surface area contributed by atoms with Crippen LogP contribution in [0.25, 0.3) is 11.0 Å². The number of anilines is 3. The highest BCUT2D eigenvalue weighted by molar-refractivity contribution is 5.88. The molecule has 0 amide bonds. The first-order chi connectivity index (χ1) is 12.7. The summed E-state index contributed by atoms with van der Waals surface area (Å²) in [6.45, 7) is 0. The van der Waals surface area contributed by atoms with Crippen molar-refractivity contribution in [3.8, 4) is 0 Å². The molecule has 8 nitrogen and oxygen atoms in total. The van der Waals surface area contributed by atoms with Gasteiger partial charge in [-0.25, -0.2) is 0 Å². The zero-order chi connectivity index (χ0) is 17.9. The van der Waals surface area contributed by atoms with Crippen LogP contribution < -0.4 is 10.6 Å². The lowest BCUT2D eigenvalue weighted by Gasteiger charge is -2.27. The minimum Gasteiger partial charge on any atom is -0.469 e. The van der Waals surface area contributed by atoms with Crippen molar-refractivity contribution in [1.29, 1.82) is 0 Å². The predicted octanol–water partition coefficient (Wildman–Crippen LogP) is 2.78. The monoisotopic (exact) mass is 352 g/mol. The standard InChI is InChI=1S/C18H20N6O2/c1-26-15(25)9-12-5-6-13(10-20-12)22-18-23-16-14(7-8-19-16)17(24-18)21-11-3-2-4-11/h5-8,10-11H,2-4,9H2,1H3,(H3,19,21,22,23,24). The molecule has 3 N–H and O–H groups in total. The van der Waals surface area contributed by atoms with E-state index in [4.69, 9.17) is 0 Å². The van der Waals surface area contributed by atoms with Gasteiger partial charge >= 0.3 is 5.97 Å². The number of carbonyl (C=O) groups excluding carboxylic acids is 1. The quantitative estimate of drug-likeness (QED) is 0.586. The Labute approximate surface area is 150 Å². The first kappa shape index (κ1) is 16.3. The SMILES string of the molecule is COC(=O)Cc1ccc(Nc2nc(NC3CCC3)c3cc[nH]c3n2)cn1. The molecule has 4 rings (SSSR count). The second-order valence-electron chi connectivity index (χ2n) is 6.32. The van der Waals surface area contributed by atoms with Crippen LogP contribution in [0.1, 0.15) is 25.0 Å². The molecule has 1 fully saturated rings. The van der Waals surface area contributed by atoms with E-state index in [1.54, 1.807) is 12.3 Å². The Balaban J connectivity index is 1.53. The zero-order valence-electron chi connectivity index (χ0n) is 14.5. The van der Waals surface area contributed by atoms with Crippen LogP contribution in [0.15, 0.2) is 30.6 Å². The van der Waals surface area contributed by atoms with Gasteiger partial charge in [0.15, 0.2) is 0 Å². The Kier molecular flexibility index (Phi) is 4.39. The van der Waals surface area contributed by atoms with E-state index in [0.717, 1.165) is 22.5 Å². The second-order valence-corrected chi connectivity index (χ2v) is 6.32. The lowest BCUT2D eigenvalue weighted by molar-refractivity contribution is -0.139. The van der Waals surface area contributed by atoms with E-state index in [1.807, 2.05) is 18.3 Å². The molecule has 0 bridgehead atoms. The number of nitrogens with zero attached hydrogens (tertiary/aromatic N) is 3. The molecule has 0 saturated heterocycles. The minimum absolute atomic E-state index is 0.150. The van der Waals surface area contributed by atoms with Crippen molar-refractivity contribution in [3.63, 3.8) is 0 Å². The summed E-state index contributed by atoms with van der Waals surface area (Å²) in [7, 11) is 1.36. The predicted molar refractivity (Wildman–Crippen MR) is 98.4 cm³/mol. The van der Waals surface area contributed by atoms with Gasteiger partial charge in [-0.05, 0) is 37.5 Å². The number of hydrogen-bond acceptors (Lipinski definition) is 7. The van der Waals surface area contributed by atoms with Gasteiger partial charge in [0, 0.05) is 12.2 Å². The Morgan fingerprint density at radius 1 is 1.31 bits per heavy atom. The average Bonchev–Trinajstić information content (AvgIpc) is 3.08. The fraction of sp³-hybridized carbons (Fsp3) is 0.333. The average molecular weight is 352 g/mol. The van der Waals surface area contributed by atoms with Crippen molar-refractivity contribution in [2.45, 2.75) is 31.7 Å². The Morgan fingerprint density at radius 2 is 2.19 bits per heavy atom. The smallest absolute Gasteiger partial charge is 0.311 e. The molecule has 3 aromatic rings. The first-order valence-electron chi connectivity index (χ1n) is 8.62. The zero-order valence-corrected chi connectivity index (χ0v) is 14.5. The van der Waals surface area contributed by atoms with Crippen LogP contribution in [0.2, 0.25) is 0 Å². The van der Waals surface area contributed by atoms with Gasteiger partial charge in [-0.15, -0.1) is 0 Å². The maximum atomic E-state index is 11.3. The summed E-state index contributed by atoms with van der Waals surface area (Å²) in [4.78, 5) is 27.8. The summed E-state index contributed by atoms with van der Waals surface area (Å²) >= 11 is 0. The summed E-state index contributed by atoms with van der Waals surface area (Å²) in [5.74, 6) is 1.01. The number of aromatic amines is 1. The van der Waals surface area contributed by atoms with E-state index in [0.29, 0.717) is 17.7 Å². The second kappa shape index (κ2) is 6.99. The Morgan fingerprint density at radius 3 is 2.88 bits per heavy atom. The molecule has 134 valence electrons. The van der Waals surface area contributed by atoms with Crippen molar-refractivity contribution < 1.29 is 9.53 Å². The summed E-state index contributed by atoms with van der Waals surface area (Å²) in [5.41, 5.74) is 2.18. The molecule has 26 heavy (non-hydrogen) atoms. The number of aromatic nitrogens is 4. The lowest BCUT2D eigenvalue weighted by atomic mass is 9.93. The lowest BCUT2D eigenvalue weighted by Crippen LogP contribution is -2.27. The van der Waals surface area contributed by atoms with Gasteiger partial charge in [0.1, 0.15) is 11.5 Å². The summed E-state index contributed by atoms with van der Waals surface area (Å²) in [5, 5.41) is 7.64. The third kappa shape index (κ3) is 3.44. The number of methoxy groups -OCH3 is 1. The molecule has 0 unspecified atom stereocenters. The van der Waals surface area contributed by atoms with E-state index < -0.39 is 0 Å². The molecular formula is C18H20N6O2. The maximum absolute atomic E-state index is 11.3. The number of nitrogens with one attached hydrogen (secondary N) is 3. The van der Waals surface area contributed by atoms with E-state index >= 15 is 0 Å². The van der Waals surface area contributed by atoms with Crippen LogP contribution in [-0.4, -0.2) is 39.1 Å². The molecule has 8 heteroatoms. The molecule has 0 aliphatic heterocycles. The Bertz CT molecular complexity index is 917. The topological polar surface area (TPSA) is 105 Å². The van der Waals surface area contributed by atoms with Crippen LogP contribution in [0.5, 0.6) is 0 Å². The van der Waals surface area contributed by atoms with Gasteiger partial charge in [-0.3, -0.25) is 9.78 Å². The van der Waals surface area contributed by atoms with Crippen molar-refractivity contribution in [1.82, 2.24) is 19.9 Å². The third-order valence-corrected chi connectivity index (χ3v) is 4.50.